The van der Waals surface area contributed by atoms with Gasteiger partial charge in [-0.2, -0.15) is 0 Å². The Bertz CT molecular complexity index is 1190. The summed E-state index contributed by atoms with van der Waals surface area (Å²) in [5.41, 5.74) is 1.21. The highest BCUT2D eigenvalue weighted by Gasteiger charge is 2.32. The number of carbonyl (C=O) groups excluding carboxylic acids is 2. The zero-order valence-corrected chi connectivity index (χ0v) is 18.0. The summed E-state index contributed by atoms with van der Waals surface area (Å²) in [6.45, 7) is 1.60. The van der Waals surface area contributed by atoms with E-state index in [0.29, 0.717) is 12.1 Å². The molecule has 4 rings (SSSR count). The molecule has 1 amide bonds. The van der Waals surface area contributed by atoms with E-state index in [1.54, 1.807) is 22.3 Å². The van der Waals surface area contributed by atoms with Crippen molar-refractivity contribution in [1.82, 2.24) is 14.6 Å². The van der Waals surface area contributed by atoms with Crippen molar-refractivity contribution in [3.63, 3.8) is 0 Å². The Hall–Kier alpha value is -2.62. The molecular formula is C21H21N3O4S2. The number of Topliss-reactive ketones (excluding diaryl/α,β-unsaturated/α-hetero) is 1. The van der Waals surface area contributed by atoms with Gasteiger partial charge >= 0.3 is 0 Å². The Morgan fingerprint density at radius 2 is 2.00 bits per heavy atom. The second kappa shape index (κ2) is 8.25. The van der Waals surface area contributed by atoms with Gasteiger partial charge < -0.3 is 4.90 Å². The summed E-state index contributed by atoms with van der Waals surface area (Å²) in [7, 11) is -3.91. The fourth-order valence-corrected chi connectivity index (χ4v) is 5.71. The first-order valence-electron chi connectivity index (χ1n) is 9.61. The van der Waals surface area contributed by atoms with Gasteiger partial charge in [0.15, 0.2) is 5.78 Å². The fourth-order valence-electron chi connectivity index (χ4n) is 3.58. The Balaban J connectivity index is 1.47. The second-order valence-corrected chi connectivity index (χ2v) is 10.0. The van der Waals surface area contributed by atoms with Gasteiger partial charge in [-0.15, -0.1) is 11.3 Å². The van der Waals surface area contributed by atoms with E-state index in [1.165, 1.54) is 25.1 Å². The molecule has 1 atom stereocenters. The van der Waals surface area contributed by atoms with Gasteiger partial charge in [0, 0.05) is 12.1 Å². The van der Waals surface area contributed by atoms with Gasteiger partial charge in [0.1, 0.15) is 5.01 Å². The second-order valence-electron chi connectivity index (χ2n) is 7.17. The summed E-state index contributed by atoms with van der Waals surface area (Å²) >= 11 is 1.56. The van der Waals surface area contributed by atoms with Crippen LogP contribution in [0, 0.1) is 0 Å². The Morgan fingerprint density at radius 3 is 2.77 bits per heavy atom. The van der Waals surface area contributed by atoms with Gasteiger partial charge in [-0.25, -0.2) is 18.1 Å². The van der Waals surface area contributed by atoms with Crippen LogP contribution >= 0.6 is 11.3 Å². The van der Waals surface area contributed by atoms with Crippen LogP contribution in [-0.2, 0) is 14.8 Å². The van der Waals surface area contributed by atoms with Gasteiger partial charge in [-0.3, -0.25) is 9.59 Å². The van der Waals surface area contributed by atoms with Crippen molar-refractivity contribution in [2.75, 3.05) is 13.1 Å². The summed E-state index contributed by atoms with van der Waals surface area (Å²) in [5, 5.41) is 0.874. The van der Waals surface area contributed by atoms with Crippen LogP contribution < -0.4 is 4.72 Å². The molecule has 0 bridgehead atoms. The first-order chi connectivity index (χ1) is 14.3. The number of hydrogen-bond donors (Lipinski definition) is 1. The quantitative estimate of drug-likeness (QED) is 0.591. The van der Waals surface area contributed by atoms with Crippen molar-refractivity contribution in [2.45, 2.75) is 30.7 Å². The Labute approximate surface area is 178 Å². The predicted octanol–water partition coefficient (Wildman–Crippen LogP) is 3.14. The third-order valence-electron chi connectivity index (χ3n) is 5.13. The smallest absolute Gasteiger partial charge is 0.241 e. The van der Waals surface area contributed by atoms with Gasteiger partial charge in [0.25, 0.3) is 0 Å². The fraction of sp³-hybridized carbons (Fsp3) is 0.286. The third-order valence-corrected chi connectivity index (χ3v) is 7.67. The first kappa shape index (κ1) is 20.6. The zero-order valence-electron chi connectivity index (χ0n) is 16.4. The van der Waals surface area contributed by atoms with Crippen LogP contribution in [0.4, 0.5) is 0 Å². The van der Waals surface area contributed by atoms with Crippen LogP contribution in [0.3, 0.4) is 0 Å². The SMILES string of the molecule is CC(=O)c1cccc(S(=O)(=O)NCC(=O)N2CCC[C@@H]2c2nc3ccccc3s2)c1. The van der Waals surface area contributed by atoms with E-state index < -0.39 is 10.0 Å². The van der Waals surface area contributed by atoms with Crippen molar-refractivity contribution in [1.29, 1.82) is 0 Å². The molecule has 0 radical (unpaired) electrons. The minimum atomic E-state index is -3.91. The normalized spacial score (nSPS) is 16.8. The maximum absolute atomic E-state index is 12.8. The van der Waals surface area contributed by atoms with Crippen molar-refractivity contribution in [3.8, 4) is 0 Å². The number of benzene rings is 2. The highest BCUT2D eigenvalue weighted by Crippen LogP contribution is 2.36. The van der Waals surface area contributed by atoms with E-state index >= 15 is 0 Å². The van der Waals surface area contributed by atoms with E-state index in [1.807, 2.05) is 24.3 Å². The molecular weight excluding hydrogens is 422 g/mol. The molecule has 30 heavy (non-hydrogen) atoms. The molecule has 2 aromatic carbocycles. The van der Waals surface area contributed by atoms with Crippen molar-refractivity contribution < 1.29 is 18.0 Å². The van der Waals surface area contributed by atoms with E-state index in [0.717, 1.165) is 28.1 Å². The molecule has 1 fully saturated rings. The number of sulfonamides is 1. The molecule has 0 aliphatic carbocycles. The minimum absolute atomic E-state index is 0.0351. The summed E-state index contributed by atoms with van der Waals surface area (Å²) in [6.07, 6.45) is 1.65. The predicted molar refractivity (Wildman–Crippen MR) is 115 cm³/mol. The molecule has 1 aromatic heterocycles. The van der Waals surface area contributed by atoms with Crippen molar-refractivity contribution in [3.05, 3.63) is 59.1 Å². The molecule has 2 heterocycles. The number of aromatic nitrogens is 1. The molecule has 7 nitrogen and oxygen atoms in total. The summed E-state index contributed by atoms with van der Waals surface area (Å²) in [6, 6.07) is 13.5. The van der Waals surface area contributed by atoms with Gasteiger partial charge in [-0.1, -0.05) is 24.3 Å². The van der Waals surface area contributed by atoms with Gasteiger partial charge in [0.05, 0.1) is 27.7 Å². The summed E-state index contributed by atoms with van der Waals surface area (Å²) in [4.78, 5) is 30.7. The Kier molecular flexibility index (Phi) is 5.68. The van der Waals surface area contributed by atoms with Crippen LogP contribution in [0.25, 0.3) is 10.2 Å². The highest BCUT2D eigenvalue weighted by atomic mass is 32.2. The third kappa shape index (κ3) is 4.14. The molecule has 1 saturated heterocycles. The molecule has 9 heteroatoms. The number of nitrogens with zero attached hydrogens (tertiary/aromatic N) is 2. The lowest BCUT2D eigenvalue weighted by Crippen LogP contribution is -2.39. The largest absolute Gasteiger partial charge is 0.332 e. The molecule has 0 spiro atoms. The number of nitrogens with one attached hydrogen (secondary N) is 1. The number of ketones is 1. The average molecular weight is 444 g/mol. The monoisotopic (exact) mass is 443 g/mol. The van der Waals surface area contributed by atoms with Crippen molar-refractivity contribution >= 4 is 43.3 Å². The van der Waals surface area contributed by atoms with Gasteiger partial charge in [0.2, 0.25) is 15.9 Å². The van der Waals surface area contributed by atoms with E-state index in [4.69, 9.17) is 0 Å². The van der Waals surface area contributed by atoms with Crippen LogP contribution in [0.5, 0.6) is 0 Å². The standard InChI is InChI=1S/C21H21N3O4S2/c1-14(25)15-6-4-7-16(12-15)30(27,28)22-13-20(26)24-11-5-9-18(24)21-23-17-8-2-3-10-19(17)29-21/h2-4,6-8,10,12,18,22H,5,9,11,13H2,1H3/t18-/m1/s1. The lowest BCUT2D eigenvalue weighted by atomic mass is 10.2. The number of amides is 1. The topological polar surface area (TPSA) is 96.4 Å². The van der Waals surface area contributed by atoms with E-state index in [-0.39, 0.29) is 29.2 Å². The maximum atomic E-state index is 12.8. The number of carbonyl (C=O) groups is 2. The van der Waals surface area contributed by atoms with Gasteiger partial charge in [-0.05, 0) is 44.0 Å². The molecule has 0 unspecified atom stereocenters. The van der Waals surface area contributed by atoms with Crippen LogP contribution in [0.1, 0.15) is 41.2 Å². The zero-order chi connectivity index (χ0) is 21.3. The molecule has 156 valence electrons. The maximum Gasteiger partial charge on any atom is 0.241 e. The number of para-hydroxylation sites is 1. The van der Waals surface area contributed by atoms with E-state index in [2.05, 4.69) is 9.71 Å². The summed E-state index contributed by atoms with van der Waals surface area (Å²) < 4.78 is 28.6. The average Bonchev–Trinajstić information content (AvgIpc) is 3.38. The number of rotatable bonds is 6. The first-order valence-corrected chi connectivity index (χ1v) is 11.9. The minimum Gasteiger partial charge on any atom is -0.332 e. The lowest BCUT2D eigenvalue weighted by molar-refractivity contribution is -0.130. The van der Waals surface area contributed by atoms with E-state index in [9.17, 15) is 18.0 Å². The van der Waals surface area contributed by atoms with Crippen LogP contribution in [0.2, 0.25) is 0 Å². The molecule has 3 aromatic rings. The molecule has 0 saturated carbocycles. The number of hydrogen-bond acceptors (Lipinski definition) is 6. The molecule has 1 aliphatic heterocycles. The molecule has 1 aliphatic rings. The van der Waals surface area contributed by atoms with Crippen LogP contribution in [-0.4, -0.2) is 43.1 Å². The highest BCUT2D eigenvalue weighted by molar-refractivity contribution is 7.89. The Morgan fingerprint density at radius 1 is 1.20 bits per heavy atom. The summed E-state index contributed by atoms with van der Waals surface area (Å²) in [5.74, 6) is -0.512. The van der Waals surface area contributed by atoms with Crippen LogP contribution in [0.15, 0.2) is 53.4 Å². The number of fused-ring (bicyclic) bond motifs is 1. The number of thiazole rings is 1. The number of likely N-dealkylation sites (tertiary alicyclic amines) is 1. The molecule has 1 N–H and O–H groups in total. The van der Waals surface area contributed by atoms with Crippen molar-refractivity contribution in [2.24, 2.45) is 0 Å². The lowest BCUT2D eigenvalue weighted by Gasteiger charge is -2.23.